The predicted molar refractivity (Wildman–Crippen MR) is 105 cm³/mol. The zero-order chi connectivity index (χ0) is 20.3. The van der Waals surface area contributed by atoms with Gasteiger partial charge in [0, 0.05) is 56.9 Å². The van der Waals surface area contributed by atoms with E-state index in [9.17, 15) is 9.59 Å². The molecule has 0 unspecified atom stereocenters. The van der Waals surface area contributed by atoms with Gasteiger partial charge in [-0.2, -0.15) is 4.98 Å². The molecular formula is C20H33N5O3. The molecule has 1 aromatic rings. The van der Waals surface area contributed by atoms with Gasteiger partial charge in [0.05, 0.1) is 0 Å². The zero-order valence-electron chi connectivity index (χ0n) is 17.5. The van der Waals surface area contributed by atoms with Gasteiger partial charge in [0.15, 0.2) is 5.82 Å². The molecule has 2 amide bonds. The van der Waals surface area contributed by atoms with Crippen LogP contribution in [0.5, 0.6) is 0 Å². The second-order valence-corrected chi connectivity index (χ2v) is 8.49. The lowest BCUT2D eigenvalue weighted by Crippen LogP contribution is -2.44. The molecule has 0 radical (unpaired) electrons. The Morgan fingerprint density at radius 3 is 2.46 bits per heavy atom. The van der Waals surface area contributed by atoms with Gasteiger partial charge < -0.3 is 14.7 Å². The molecule has 2 aliphatic rings. The van der Waals surface area contributed by atoms with Crippen molar-refractivity contribution in [3.63, 3.8) is 0 Å². The van der Waals surface area contributed by atoms with Crippen LogP contribution < -0.4 is 5.32 Å². The van der Waals surface area contributed by atoms with Crippen molar-refractivity contribution in [1.82, 2.24) is 25.3 Å². The zero-order valence-corrected chi connectivity index (χ0v) is 17.5. The van der Waals surface area contributed by atoms with Gasteiger partial charge in [-0.05, 0) is 32.7 Å². The number of likely N-dealkylation sites (tertiary alicyclic amines) is 2. The van der Waals surface area contributed by atoms with E-state index >= 15 is 0 Å². The van der Waals surface area contributed by atoms with Crippen LogP contribution >= 0.6 is 0 Å². The van der Waals surface area contributed by atoms with Crippen molar-refractivity contribution in [2.24, 2.45) is 0 Å². The van der Waals surface area contributed by atoms with Gasteiger partial charge in [-0.15, -0.1) is 0 Å². The minimum Gasteiger partial charge on any atom is -0.355 e. The Balaban J connectivity index is 1.45. The summed E-state index contributed by atoms with van der Waals surface area (Å²) in [6.07, 6.45) is 4.32. The van der Waals surface area contributed by atoms with Crippen LogP contribution in [0.2, 0.25) is 0 Å². The lowest BCUT2D eigenvalue weighted by molar-refractivity contribution is -0.133. The summed E-state index contributed by atoms with van der Waals surface area (Å²) in [5, 5.41) is 6.94. The van der Waals surface area contributed by atoms with Crippen molar-refractivity contribution in [3.05, 3.63) is 11.7 Å². The Morgan fingerprint density at radius 1 is 1.18 bits per heavy atom. The summed E-state index contributed by atoms with van der Waals surface area (Å²) < 4.78 is 5.43. The Bertz CT molecular complexity index is 681. The van der Waals surface area contributed by atoms with E-state index in [1.807, 2.05) is 4.90 Å². The molecule has 2 atom stereocenters. The van der Waals surface area contributed by atoms with E-state index in [1.165, 1.54) is 6.92 Å². The first-order chi connectivity index (χ1) is 13.3. The minimum absolute atomic E-state index is 0.00226. The smallest absolute Gasteiger partial charge is 0.229 e. The number of piperidine rings is 1. The van der Waals surface area contributed by atoms with E-state index in [0.717, 1.165) is 44.6 Å². The predicted octanol–water partition coefficient (Wildman–Crippen LogP) is 1.89. The normalized spacial score (nSPS) is 24.1. The molecule has 0 bridgehead atoms. The summed E-state index contributed by atoms with van der Waals surface area (Å²) >= 11 is 0. The fourth-order valence-electron chi connectivity index (χ4n) is 4.20. The van der Waals surface area contributed by atoms with E-state index < -0.39 is 0 Å². The SMILES string of the molecule is CC(=O)NC[C@H]1CC[C@@H](CC(=O)N2CCC(c3nc(C(C)C)no3)CC2)N1C. The summed E-state index contributed by atoms with van der Waals surface area (Å²) in [6.45, 7) is 7.79. The summed E-state index contributed by atoms with van der Waals surface area (Å²) in [4.78, 5) is 32.7. The largest absolute Gasteiger partial charge is 0.355 e. The van der Waals surface area contributed by atoms with Crippen molar-refractivity contribution in [2.75, 3.05) is 26.7 Å². The third-order valence-electron chi connectivity index (χ3n) is 6.15. The van der Waals surface area contributed by atoms with Gasteiger partial charge in [-0.3, -0.25) is 14.5 Å². The molecule has 3 rings (SSSR count). The van der Waals surface area contributed by atoms with E-state index in [0.29, 0.717) is 24.9 Å². The van der Waals surface area contributed by atoms with Gasteiger partial charge in [0.1, 0.15) is 0 Å². The van der Waals surface area contributed by atoms with Crippen LogP contribution in [0.15, 0.2) is 4.52 Å². The maximum absolute atomic E-state index is 12.8. The van der Waals surface area contributed by atoms with Crippen molar-refractivity contribution >= 4 is 11.8 Å². The molecule has 0 aromatic carbocycles. The number of aromatic nitrogens is 2. The second-order valence-electron chi connectivity index (χ2n) is 8.49. The summed E-state index contributed by atoms with van der Waals surface area (Å²) in [6, 6.07) is 0.577. The van der Waals surface area contributed by atoms with E-state index in [4.69, 9.17) is 4.52 Å². The molecule has 1 N–H and O–H groups in total. The van der Waals surface area contributed by atoms with Crippen LogP contribution in [-0.2, 0) is 9.59 Å². The van der Waals surface area contributed by atoms with Crippen LogP contribution in [-0.4, -0.2) is 70.5 Å². The highest BCUT2D eigenvalue weighted by molar-refractivity contribution is 5.77. The fraction of sp³-hybridized carbons (Fsp3) is 0.800. The average molecular weight is 392 g/mol. The molecule has 2 aliphatic heterocycles. The van der Waals surface area contributed by atoms with E-state index in [-0.39, 0.29) is 29.7 Å². The fourth-order valence-corrected chi connectivity index (χ4v) is 4.20. The number of nitrogens with one attached hydrogen (secondary N) is 1. The molecule has 0 aliphatic carbocycles. The Morgan fingerprint density at radius 2 is 1.86 bits per heavy atom. The van der Waals surface area contributed by atoms with Crippen LogP contribution in [0.4, 0.5) is 0 Å². The highest BCUT2D eigenvalue weighted by Crippen LogP contribution is 2.29. The van der Waals surface area contributed by atoms with Gasteiger partial charge in [-0.25, -0.2) is 0 Å². The van der Waals surface area contributed by atoms with Crippen molar-refractivity contribution in [2.45, 2.75) is 76.8 Å². The highest BCUT2D eigenvalue weighted by atomic mass is 16.5. The molecule has 1 aromatic heterocycles. The molecule has 2 fully saturated rings. The Hall–Kier alpha value is -1.96. The molecule has 28 heavy (non-hydrogen) atoms. The van der Waals surface area contributed by atoms with Gasteiger partial charge in [0.25, 0.3) is 0 Å². The minimum atomic E-state index is -0.00226. The van der Waals surface area contributed by atoms with Crippen molar-refractivity contribution < 1.29 is 14.1 Å². The first kappa shape index (κ1) is 20.8. The quantitative estimate of drug-likeness (QED) is 0.796. The number of rotatable bonds is 6. The number of carbonyl (C=O) groups is 2. The van der Waals surface area contributed by atoms with Crippen LogP contribution in [0, 0.1) is 0 Å². The molecule has 8 heteroatoms. The monoisotopic (exact) mass is 391 g/mol. The van der Waals surface area contributed by atoms with Crippen LogP contribution in [0.3, 0.4) is 0 Å². The average Bonchev–Trinajstić information content (AvgIpc) is 3.28. The third kappa shape index (κ3) is 4.90. The maximum atomic E-state index is 12.8. The molecule has 0 saturated carbocycles. The third-order valence-corrected chi connectivity index (χ3v) is 6.15. The summed E-state index contributed by atoms with van der Waals surface area (Å²) in [7, 11) is 2.06. The Labute approximate surface area is 167 Å². The molecule has 3 heterocycles. The second kappa shape index (κ2) is 9.03. The highest BCUT2D eigenvalue weighted by Gasteiger charge is 2.34. The van der Waals surface area contributed by atoms with Crippen LogP contribution in [0.25, 0.3) is 0 Å². The number of amides is 2. The van der Waals surface area contributed by atoms with Crippen molar-refractivity contribution in [3.8, 4) is 0 Å². The number of hydrogen-bond donors (Lipinski definition) is 1. The number of likely N-dealkylation sites (N-methyl/N-ethyl adjacent to an activating group) is 1. The molecule has 8 nitrogen and oxygen atoms in total. The summed E-state index contributed by atoms with van der Waals surface area (Å²) in [5.41, 5.74) is 0. The molecule has 0 spiro atoms. The van der Waals surface area contributed by atoms with E-state index in [2.05, 4.69) is 41.3 Å². The van der Waals surface area contributed by atoms with E-state index in [1.54, 1.807) is 0 Å². The first-order valence-electron chi connectivity index (χ1n) is 10.4. The number of hydrogen-bond acceptors (Lipinski definition) is 6. The van der Waals surface area contributed by atoms with Gasteiger partial charge in [-0.1, -0.05) is 19.0 Å². The van der Waals surface area contributed by atoms with Crippen LogP contribution in [0.1, 0.15) is 76.4 Å². The van der Waals surface area contributed by atoms with Gasteiger partial charge >= 0.3 is 0 Å². The molecular weight excluding hydrogens is 358 g/mol. The Kier molecular flexibility index (Phi) is 6.69. The molecule has 156 valence electrons. The topological polar surface area (TPSA) is 91.6 Å². The maximum Gasteiger partial charge on any atom is 0.229 e. The molecule has 2 saturated heterocycles. The number of nitrogens with zero attached hydrogens (tertiary/aromatic N) is 4. The van der Waals surface area contributed by atoms with Gasteiger partial charge in [0.2, 0.25) is 17.7 Å². The van der Waals surface area contributed by atoms with Crippen molar-refractivity contribution in [1.29, 1.82) is 0 Å². The summed E-state index contributed by atoms with van der Waals surface area (Å²) in [5.74, 6) is 2.21. The lowest BCUT2D eigenvalue weighted by atomic mass is 9.96. The number of carbonyl (C=O) groups excluding carboxylic acids is 2. The first-order valence-corrected chi connectivity index (χ1v) is 10.4. The standard InChI is InChI=1S/C20H33N5O3/c1-13(2)19-22-20(28-23-19)15-7-9-25(10-8-15)18(27)11-16-5-6-17(24(16)4)12-21-14(3)26/h13,15-17H,5-12H2,1-4H3,(H,21,26)/t16-,17+/m0/s1. The lowest BCUT2D eigenvalue weighted by Gasteiger charge is -2.32.